The second-order valence-electron chi connectivity index (χ2n) is 6.41. The van der Waals surface area contributed by atoms with Crippen LogP contribution < -0.4 is 0 Å². The molecule has 0 N–H and O–H groups in total. The Morgan fingerprint density at radius 3 is 1.85 bits per heavy atom. The van der Waals surface area contributed by atoms with Crippen molar-refractivity contribution in [3.8, 4) is 0 Å². The summed E-state index contributed by atoms with van der Waals surface area (Å²) < 4.78 is 5.22. The summed E-state index contributed by atoms with van der Waals surface area (Å²) in [4.78, 5) is 11.4. The van der Waals surface area contributed by atoms with Crippen LogP contribution in [0.5, 0.6) is 0 Å². The normalized spacial score (nSPS) is 14.4. The van der Waals surface area contributed by atoms with Crippen molar-refractivity contribution in [3.05, 3.63) is 0 Å². The highest BCUT2D eigenvalue weighted by Crippen LogP contribution is 2.28. The van der Waals surface area contributed by atoms with Gasteiger partial charge in [-0.3, -0.25) is 4.79 Å². The van der Waals surface area contributed by atoms with Gasteiger partial charge in [0, 0.05) is 6.42 Å². The molecule has 0 aromatic rings. The van der Waals surface area contributed by atoms with E-state index >= 15 is 0 Å². The van der Waals surface area contributed by atoms with Crippen molar-refractivity contribution in [2.45, 2.75) is 96.8 Å². The molecule has 0 bridgehead atoms. The number of hydrogen-bond acceptors (Lipinski definition) is 2. The third-order valence-corrected chi connectivity index (χ3v) is 4.16. The summed E-state index contributed by atoms with van der Waals surface area (Å²) in [6, 6.07) is 0. The van der Waals surface area contributed by atoms with Gasteiger partial charge in [0.1, 0.15) is 0 Å². The van der Waals surface area contributed by atoms with Crippen molar-refractivity contribution >= 4 is 5.97 Å². The van der Waals surface area contributed by atoms with Crippen molar-refractivity contribution < 1.29 is 9.53 Å². The largest absolute Gasteiger partial charge is 0.465 e. The van der Waals surface area contributed by atoms with Gasteiger partial charge in [0.15, 0.2) is 0 Å². The molecule has 0 heterocycles. The summed E-state index contributed by atoms with van der Waals surface area (Å²) in [5, 5.41) is 0. The first kappa shape index (κ1) is 17.5. The van der Waals surface area contributed by atoms with Crippen LogP contribution in [0.3, 0.4) is 0 Å². The van der Waals surface area contributed by atoms with Crippen molar-refractivity contribution in [2.24, 2.45) is 5.92 Å². The molecule has 2 nitrogen and oxygen atoms in total. The van der Waals surface area contributed by atoms with Gasteiger partial charge in [0.05, 0.1) is 6.61 Å². The lowest BCUT2D eigenvalue weighted by atomic mass is 10.1. The highest BCUT2D eigenvalue weighted by molar-refractivity contribution is 5.69. The van der Waals surface area contributed by atoms with E-state index in [2.05, 4.69) is 6.92 Å². The van der Waals surface area contributed by atoms with Crippen LogP contribution in [-0.4, -0.2) is 12.6 Å². The minimum Gasteiger partial charge on any atom is -0.465 e. The molecule has 0 radical (unpaired) electrons. The van der Waals surface area contributed by atoms with Crippen molar-refractivity contribution in [1.82, 2.24) is 0 Å². The molecule has 0 aromatic heterocycles. The number of rotatable bonds is 14. The van der Waals surface area contributed by atoms with Gasteiger partial charge in [0.2, 0.25) is 0 Å². The molecule has 0 aromatic carbocycles. The maximum Gasteiger partial charge on any atom is 0.305 e. The Morgan fingerprint density at radius 1 is 0.850 bits per heavy atom. The van der Waals surface area contributed by atoms with Crippen molar-refractivity contribution in [1.29, 1.82) is 0 Å². The van der Waals surface area contributed by atoms with Crippen LogP contribution in [0.1, 0.15) is 96.8 Å². The van der Waals surface area contributed by atoms with Crippen LogP contribution in [0.15, 0.2) is 0 Å². The van der Waals surface area contributed by atoms with Gasteiger partial charge >= 0.3 is 5.97 Å². The molecule has 0 aliphatic heterocycles. The van der Waals surface area contributed by atoms with Gasteiger partial charge in [-0.1, -0.05) is 71.1 Å². The van der Waals surface area contributed by atoms with Crippen molar-refractivity contribution in [2.75, 3.05) is 6.61 Å². The van der Waals surface area contributed by atoms with E-state index in [0.29, 0.717) is 18.9 Å². The highest BCUT2D eigenvalue weighted by atomic mass is 16.5. The van der Waals surface area contributed by atoms with Crippen LogP contribution in [-0.2, 0) is 9.53 Å². The topological polar surface area (TPSA) is 26.3 Å². The summed E-state index contributed by atoms with van der Waals surface area (Å²) in [6.07, 6.45) is 17.7. The molecule has 0 spiro atoms. The Labute approximate surface area is 125 Å². The number of ether oxygens (including phenoxy) is 1. The minimum absolute atomic E-state index is 0.0211. The smallest absolute Gasteiger partial charge is 0.305 e. The summed E-state index contributed by atoms with van der Waals surface area (Å²) in [5.74, 6) is 0.712. The zero-order valence-corrected chi connectivity index (χ0v) is 13.5. The molecule has 0 unspecified atom stereocenters. The monoisotopic (exact) mass is 282 g/mol. The summed E-state index contributed by atoms with van der Waals surface area (Å²) in [7, 11) is 0. The summed E-state index contributed by atoms with van der Waals surface area (Å²) >= 11 is 0. The lowest BCUT2D eigenvalue weighted by molar-refractivity contribution is -0.144. The Kier molecular flexibility index (Phi) is 10.7. The Hall–Kier alpha value is -0.530. The van der Waals surface area contributed by atoms with Crippen LogP contribution in [0.4, 0.5) is 0 Å². The van der Waals surface area contributed by atoms with E-state index < -0.39 is 0 Å². The Morgan fingerprint density at radius 2 is 1.35 bits per heavy atom. The van der Waals surface area contributed by atoms with E-state index in [0.717, 1.165) is 6.42 Å². The SMILES string of the molecule is CCCCCCCCCCCCCC(=O)OCC1CC1. The van der Waals surface area contributed by atoms with E-state index in [9.17, 15) is 4.79 Å². The summed E-state index contributed by atoms with van der Waals surface area (Å²) in [5.41, 5.74) is 0. The van der Waals surface area contributed by atoms with E-state index in [-0.39, 0.29) is 5.97 Å². The first-order chi connectivity index (χ1) is 9.83. The number of carbonyl (C=O) groups excluding carboxylic acids is 1. The fraction of sp³-hybridized carbons (Fsp3) is 0.944. The molecule has 2 heteroatoms. The standard InChI is InChI=1S/C18H34O2/c1-2-3-4-5-6-7-8-9-10-11-12-13-18(19)20-16-17-14-15-17/h17H,2-16H2,1H3. The molecule has 1 aliphatic carbocycles. The first-order valence-corrected chi connectivity index (χ1v) is 8.98. The molecule has 0 atom stereocenters. The minimum atomic E-state index is 0.0211. The van der Waals surface area contributed by atoms with E-state index in [1.54, 1.807) is 0 Å². The maximum absolute atomic E-state index is 11.4. The number of carbonyl (C=O) groups is 1. The molecule has 1 rings (SSSR count). The fourth-order valence-electron chi connectivity index (χ4n) is 2.50. The average Bonchev–Trinajstić information content (AvgIpc) is 3.27. The third kappa shape index (κ3) is 11.3. The maximum atomic E-state index is 11.4. The molecule has 0 saturated heterocycles. The van der Waals surface area contributed by atoms with Crippen molar-refractivity contribution in [3.63, 3.8) is 0 Å². The Balaban J connectivity index is 1.70. The number of esters is 1. The molecule has 20 heavy (non-hydrogen) atoms. The fourth-order valence-corrected chi connectivity index (χ4v) is 2.50. The van der Waals surface area contributed by atoms with Gasteiger partial charge in [-0.2, -0.15) is 0 Å². The van der Waals surface area contributed by atoms with Crippen LogP contribution in [0.2, 0.25) is 0 Å². The predicted octanol–water partition coefficient (Wildman–Crippen LogP) is 5.64. The Bertz CT molecular complexity index is 234. The van der Waals surface area contributed by atoms with Gasteiger partial charge < -0.3 is 4.74 Å². The predicted molar refractivity (Wildman–Crippen MR) is 84.8 cm³/mol. The molecule has 1 saturated carbocycles. The quantitative estimate of drug-likeness (QED) is 0.304. The molecule has 0 amide bonds. The number of unbranched alkanes of at least 4 members (excludes halogenated alkanes) is 10. The van der Waals surface area contributed by atoms with E-state index in [1.807, 2.05) is 0 Å². The van der Waals surface area contributed by atoms with Crippen LogP contribution in [0, 0.1) is 5.92 Å². The molecule has 1 aliphatic rings. The van der Waals surface area contributed by atoms with Gasteiger partial charge in [-0.05, 0) is 25.2 Å². The molecule has 1 fully saturated rings. The zero-order chi connectivity index (χ0) is 14.5. The van der Waals surface area contributed by atoms with E-state index in [1.165, 1.54) is 77.0 Å². The van der Waals surface area contributed by atoms with Gasteiger partial charge in [0.25, 0.3) is 0 Å². The van der Waals surface area contributed by atoms with Crippen LogP contribution in [0.25, 0.3) is 0 Å². The molecular weight excluding hydrogens is 248 g/mol. The van der Waals surface area contributed by atoms with Gasteiger partial charge in [-0.25, -0.2) is 0 Å². The third-order valence-electron chi connectivity index (χ3n) is 4.16. The number of hydrogen-bond donors (Lipinski definition) is 0. The lowest BCUT2D eigenvalue weighted by Gasteiger charge is -2.04. The van der Waals surface area contributed by atoms with Gasteiger partial charge in [-0.15, -0.1) is 0 Å². The lowest BCUT2D eigenvalue weighted by Crippen LogP contribution is -2.06. The van der Waals surface area contributed by atoms with Crippen LogP contribution >= 0.6 is 0 Å². The summed E-state index contributed by atoms with van der Waals surface area (Å²) in [6.45, 7) is 2.94. The second-order valence-corrected chi connectivity index (χ2v) is 6.41. The van der Waals surface area contributed by atoms with E-state index in [4.69, 9.17) is 4.74 Å². The molecular formula is C18H34O2. The zero-order valence-electron chi connectivity index (χ0n) is 13.5. The first-order valence-electron chi connectivity index (χ1n) is 8.98. The second kappa shape index (κ2) is 12.2. The highest BCUT2D eigenvalue weighted by Gasteiger charge is 2.22. The average molecular weight is 282 g/mol. The molecule has 118 valence electrons.